The number of carbonyl (C=O) groups excluding carboxylic acids is 3. The van der Waals surface area contributed by atoms with Crippen LogP contribution in [0.3, 0.4) is 0 Å². The number of aliphatic hydroxyl groups is 3. The Labute approximate surface area is 200 Å². The SMILES string of the molecule is NC(=O)C1C(=O)[C@@]2(O)C(=O)C3=C(O)c4c(O)ccc(C#Cc5ccccc5)c4C[C@H]3C[C@H]2CC1O. The Bertz CT molecular complexity index is 1370. The van der Waals surface area contributed by atoms with Crippen LogP contribution in [-0.2, 0) is 20.8 Å². The molecule has 0 radical (unpaired) electrons. The van der Waals surface area contributed by atoms with E-state index in [0.29, 0.717) is 11.1 Å². The van der Waals surface area contributed by atoms with Crippen molar-refractivity contribution in [1.82, 2.24) is 0 Å². The third-order valence-corrected chi connectivity index (χ3v) is 7.38. The van der Waals surface area contributed by atoms with E-state index in [-0.39, 0.29) is 36.1 Å². The smallest absolute Gasteiger partial charge is 0.230 e. The molecule has 2 aromatic carbocycles. The number of rotatable bonds is 1. The number of hydrogen-bond acceptors (Lipinski definition) is 7. The van der Waals surface area contributed by atoms with Crippen LogP contribution in [0.25, 0.3) is 5.76 Å². The van der Waals surface area contributed by atoms with Crippen molar-refractivity contribution in [2.45, 2.75) is 31.0 Å². The molecule has 0 bridgehead atoms. The number of hydrogen-bond donors (Lipinski definition) is 5. The summed E-state index contributed by atoms with van der Waals surface area (Å²) in [7, 11) is 0. The number of Topliss-reactive ketones (excluding diaryl/α,β-unsaturated/α-hetero) is 2. The standard InChI is InChI=1S/C27H23NO7/c28-26(34)22-19(30)12-16-10-15-11-17-14(7-6-13-4-2-1-3-5-13)8-9-18(29)21(17)23(31)20(15)24(32)27(16,35)25(22)33/h1-5,8-9,15-16,19,22,29-31,35H,10-12H2,(H2,28,34)/t15-,16+,19?,22?,27+/m1/s1. The highest BCUT2D eigenvalue weighted by atomic mass is 16.3. The highest BCUT2D eigenvalue weighted by Gasteiger charge is 2.63. The summed E-state index contributed by atoms with van der Waals surface area (Å²) in [6.07, 6.45) is -1.25. The zero-order valence-corrected chi connectivity index (χ0v) is 18.6. The van der Waals surface area contributed by atoms with Crippen molar-refractivity contribution in [1.29, 1.82) is 0 Å². The molecule has 3 aliphatic rings. The minimum absolute atomic E-state index is 0.0289. The van der Waals surface area contributed by atoms with Crippen LogP contribution < -0.4 is 5.73 Å². The molecule has 0 aliphatic heterocycles. The van der Waals surface area contributed by atoms with Gasteiger partial charge in [-0.15, -0.1) is 0 Å². The zero-order valence-electron chi connectivity index (χ0n) is 18.6. The Morgan fingerprint density at radius 3 is 2.43 bits per heavy atom. The quantitative estimate of drug-likeness (QED) is 0.305. The summed E-state index contributed by atoms with van der Waals surface area (Å²) in [4.78, 5) is 38.3. The van der Waals surface area contributed by atoms with Gasteiger partial charge in [0.15, 0.2) is 11.4 Å². The highest BCUT2D eigenvalue weighted by molar-refractivity contribution is 6.24. The number of benzene rings is 2. The van der Waals surface area contributed by atoms with Crippen LogP contribution in [0.1, 0.15) is 35.1 Å². The van der Waals surface area contributed by atoms with Gasteiger partial charge < -0.3 is 26.2 Å². The molecule has 2 fully saturated rings. The van der Waals surface area contributed by atoms with Crippen molar-refractivity contribution < 1.29 is 34.8 Å². The molecule has 0 saturated heterocycles. The van der Waals surface area contributed by atoms with E-state index in [1.54, 1.807) is 6.07 Å². The van der Waals surface area contributed by atoms with Crippen LogP contribution in [0, 0.1) is 29.6 Å². The van der Waals surface area contributed by atoms with E-state index in [4.69, 9.17) is 5.73 Å². The van der Waals surface area contributed by atoms with E-state index < -0.39 is 52.7 Å². The number of primary amides is 1. The molecule has 8 nitrogen and oxygen atoms in total. The Kier molecular flexibility index (Phi) is 5.28. The third-order valence-electron chi connectivity index (χ3n) is 7.38. The minimum atomic E-state index is -2.59. The van der Waals surface area contributed by atoms with Gasteiger partial charge in [-0.05, 0) is 55.0 Å². The first kappa shape index (κ1) is 22.8. The lowest BCUT2D eigenvalue weighted by molar-refractivity contribution is -0.174. The predicted molar refractivity (Wildman–Crippen MR) is 124 cm³/mol. The van der Waals surface area contributed by atoms with Crippen molar-refractivity contribution in [2.24, 2.45) is 23.5 Å². The summed E-state index contributed by atoms with van der Waals surface area (Å²) in [5, 5.41) is 43.3. The summed E-state index contributed by atoms with van der Waals surface area (Å²) in [5.41, 5.74) is 4.42. The minimum Gasteiger partial charge on any atom is -0.507 e. The fraction of sp³-hybridized carbons (Fsp3) is 0.296. The van der Waals surface area contributed by atoms with Crippen molar-refractivity contribution in [3.63, 3.8) is 0 Å². The fourth-order valence-electron chi connectivity index (χ4n) is 5.70. The van der Waals surface area contributed by atoms with E-state index >= 15 is 0 Å². The van der Waals surface area contributed by atoms with Gasteiger partial charge in [0, 0.05) is 22.6 Å². The van der Waals surface area contributed by atoms with Crippen LogP contribution in [0.4, 0.5) is 0 Å². The predicted octanol–water partition coefficient (Wildman–Crippen LogP) is 0.989. The highest BCUT2D eigenvalue weighted by Crippen LogP contribution is 2.51. The van der Waals surface area contributed by atoms with E-state index in [2.05, 4.69) is 11.8 Å². The first-order valence-corrected chi connectivity index (χ1v) is 11.3. The lowest BCUT2D eigenvalue weighted by Gasteiger charge is -2.48. The number of ketones is 2. The summed E-state index contributed by atoms with van der Waals surface area (Å²) >= 11 is 0. The fourth-order valence-corrected chi connectivity index (χ4v) is 5.70. The monoisotopic (exact) mass is 473 g/mol. The molecular weight excluding hydrogens is 450 g/mol. The topological polar surface area (TPSA) is 158 Å². The van der Waals surface area contributed by atoms with Crippen molar-refractivity contribution in [3.8, 4) is 17.6 Å². The number of fused-ring (bicyclic) bond motifs is 3. The van der Waals surface area contributed by atoms with E-state index in [0.717, 1.165) is 5.56 Å². The number of phenolic OH excluding ortho intramolecular Hbond substituents is 1. The molecule has 5 rings (SSSR count). The first-order chi connectivity index (χ1) is 16.6. The second kappa shape index (κ2) is 8.08. The number of aromatic hydroxyl groups is 1. The van der Waals surface area contributed by atoms with E-state index in [1.165, 1.54) is 6.07 Å². The number of nitrogens with two attached hydrogens (primary N) is 1. The second-order valence-corrected chi connectivity index (χ2v) is 9.34. The summed E-state index contributed by atoms with van der Waals surface area (Å²) in [5.74, 6) is -1.24. The molecule has 35 heavy (non-hydrogen) atoms. The van der Waals surface area contributed by atoms with Gasteiger partial charge in [-0.25, -0.2) is 0 Å². The van der Waals surface area contributed by atoms with Gasteiger partial charge in [0.1, 0.15) is 17.4 Å². The third kappa shape index (κ3) is 3.35. The Hall–Kier alpha value is -3.93. The van der Waals surface area contributed by atoms with Gasteiger partial charge in [0.2, 0.25) is 11.7 Å². The molecule has 0 spiro atoms. The Morgan fingerprint density at radius 1 is 1.03 bits per heavy atom. The Balaban J connectivity index is 1.62. The van der Waals surface area contributed by atoms with Gasteiger partial charge in [-0.3, -0.25) is 14.4 Å². The normalized spacial score (nSPS) is 29.4. The van der Waals surface area contributed by atoms with Crippen LogP contribution in [0.15, 0.2) is 48.0 Å². The lowest BCUT2D eigenvalue weighted by atomic mass is 9.56. The average molecular weight is 473 g/mol. The summed E-state index contributed by atoms with van der Waals surface area (Å²) in [6.45, 7) is 0. The molecule has 0 aromatic heterocycles. The maximum atomic E-state index is 13.5. The van der Waals surface area contributed by atoms with E-state index in [1.807, 2.05) is 30.3 Å². The number of amides is 1. The van der Waals surface area contributed by atoms with Crippen LogP contribution >= 0.6 is 0 Å². The van der Waals surface area contributed by atoms with Gasteiger partial charge in [0.05, 0.1) is 11.7 Å². The van der Waals surface area contributed by atoms with Gasteiger partial charge >= 0.3 is 0 Å². The van der Waals surface area contributed by atoms with Gasteiger partial charge in [0.25, 0.3) is 0 Å². The molecule has 178 valence electrons. The Morgan fingerprint density at radius 2 is 1.74 bits per heavy atom. The van der Waals surface area contributed by atoms with E-state index in [9.17, 15) is 34.8 Å². The molecule has 8 heteroatoms. The second-order valence-electron chi connectivity index (χ2n) is 9.34. The van der Waals surface area contributed by atoms with Crippen molar-refractivity contribution in [3.05, 3.63) is 70.3 Å². The van der Waals surface area contributed by atoms with Crippen molar-refractivity contribution in [2.75, 3.05) is 0 Å². The van der Waals surface area contributed by atoms with Crippen LogP contribution in [-0.4, -0.2) is 49.6 Å². The number of carbonyl (C=O) groups is 3. The molecule has 6 N–H and O–H groups in total. The number of phenols is 1. The molecule has 2 unspecified atom stereocenters. The number of aliphatic hydroxyl groups excluding tert-OH is 2. The maximum Gasteiger partial charge on any atom is 0.230 e. The maximum absolute atomic E-state index is 13.5. The first-order valence-electron chi connectivity index (χ1n) is 11.3. The molecule has 0 heterocycles. The van der Waals surface area contributed by atoms with Gasteiger partial charge in [-0.1, -0.05) is 30.0 Å². The lowest BCUT2D eigenvalue weighted by Crippen LogP contribution is -2.66. The average Bonchev–Trinajstić information content (AvgIpc) is 2.81. The van der Waals surface area contributed by atoms with Gasteiger partial charge in [-0.2, -0.15) is 0 Å². The molecule has 2 aromatic rings. The molecule has 5 atom stereocenters. The van der Waals surface area contributed by atoms with Crippen molar-refractivity contribution >= 4 is 23.2 Å². The summed E-state index contributed by atoms with van der Waals surface area (Å²) in [6, 6.07) is 12.3. The molecule has 3 aliphatic carbocycles. The molecular formula is C27H23NO7. The molecule has 1 amide bonds. The molecule has 2 saturated carbocycles. The largest absolute Gasteiger partial charge is 0.507 e. The summed E-state index contributed by atoms with van der Waals surface area (Å²) < 4.78 is 0. The van der Waals surface area contributed by atoms with Crippen LogP contribution in [0.2, 0.25) is 0 Å². The van der Waals surface area contributed by atoms with Crippen LogP contribution in [0.5, 0.6) is 5.75 Å². The zero-order chi connectivity index (χ0) is 25.1.